The van der Waals surface area contributed by atoms with E-state index in [1.165, 1.54) is 7.11 Å². The number of carbonyl (C=O) groups excluding carboxylic acids is 1. The first-order valence-corrected chi connectivity index (χ1v) is 5.92. The number of aliphatic hydroxyl groups excluding tert-OH is 1. The van der Waals surface area contributed by atoms with E-state index in [0.29, 0.717) is 5.92 Å². The second-order valence-electron chi connectivity index (χ2n) is 5.36. The molecular formula is C12H23NO3. The predicted molar refractivity (Wildman–Crippen MR) is 62.0 cm³/mol. The van der Waals surface area contributed by atoms with Crippen molar-refractivity contribution in [3.63, 3.8) is 0 Å². The Balaban J connectivity index is 2.40. The van der Waals surface area contributed by atoms with E-state index in [1.54, 1.807) is 0 Å². The van der Waals surface area contributed by atoms with Crippen molar-refractivity contribution >= 4 is 5.97 Å². The third-order valence-electron chi connectivity index (χ3n) is 3.14. The molecule has 0 bridgehead atoms. The Morgan fingerprint density at radius 1 is 1.56 bits per heavy atom. The molecule has 1 rings (SSSR count). The van der Waals surface area contributed by atoms with Crippen LogP contribution >= 0.6 is 0 Å². The average Bonchev–Trinajstić information content (AvgIpc) is 3.01. The largest absolute Gasteiger partial charge is 0.468 e. The van der Waals surface area contributed by atoms with E-state index >= 15 is 0 Å². The summed E-state index contributed by atoms with van der Waals surface area (Å²) in [7, 11) is 1.43. The summed E-state index contributed by atoms with van der Waals surface area (Å²) in [5.74, 6) is 0.277. The zero-order valence-corrected chi connectivity index (χ0v) is 10.5. The summed E-state index contributed by atoms with van der Waals surface area (Å²) in [6.07, 6.45) is 2.94. The quantitative estimate of drug-likeness (QED) is 0.638. The summed E-state index contributed by atoms with van der Waals surface area (Å²) in [6.45, 7) is 5.07. The van der Waals surface area contributed by atoms with Crippen molar-refractivity contribution in [3.05, 3.63) is 0 Å². The van der Waals surface area contributed by atoms with Crippen molar-refractivity contribution in [2.45, 2.75) is 39.2 Å². The van der Waals surface area contributed by atoms with E-state index in [2.05, 4.69) is 19.2 Å². The predicted octanol–water partition coefficient (Wildman–Crippen LogP) is 0.936. The van der Waals surface area contributed by atoms with E-state index in [4.69, 9.17) is 9.84 Å². The van der Waals surface area contributed by atoms with Gasteiger partial charge in [0.2, 0.25) is 0 Å². The first-order chi connectivity index (χ1) is 7.50. The van der Waals surface area contributed by atoms with Crippen molar-refractivity contribution in [2.75, 3.05) is 20.3 Å². The van der Waals surface area contributed by atoms with Gasteiger partial charge < -0.3 is 15.2 Å². The summed E-state index contributed by atoms with van der Waals surface area (Å²) in [6, 6.07) is -0.164. The molecule has 0 radical (unpaired) electrons. The molecular weight excluding hydrogens is 206 g/mol. The molecule has 1 saturated carbocycles. The highest BCUT2D eigenvalue weighted by atomic mass is 16.5. The molecule has 1 aliphatic rings. The lowest BCUT2D eigenvalue weighted by molar-refractivity contribution is -0.143. The van der Waals surface area contributed by atoms with Gasteiger partial charge in [0.25, 0.3) is 0 Å². The van der Waals surface area contributed by atoms with Crippen molar-refractivity contribution in [1.82, 2.24) is 5.32 Å². The number of ether oxygens (including phenoxy) is 1. The average molecular weight is 229 g/mol. The summed E-state index contributed by atoms with van der Waals surface area (Å²) in [4.78, 5) is 11.5. The number of hydrogen-bond acceptors (Lipinski definition) is 4. The number of rotatable bonds is 7. The van der Waals surface area contributed by atoms with E-state index in [1.807, 2.05) is 0 Å². The Kier molecular flexibility index (Phi) is 4.74. The minimum Gasteiger partial charge on any atom is -0.468 e. The van der Waals surface area contributed by atoms with E-state index < -0.39 is 0 Å². The molecule has 4 nitrogen and oxygen atoms in total. The Bertz CT molecular complexity index is 236. The van der Waals surface area contributed by atoms with Gasteiger partial charge in [0, 0.05) is 13.2 Å². The second-order valence-corrected chi connectivity index (χ2v) is 5.36. The number of esters is 1. The van der Waals surface area contributed by atoms with Gasteiger partial charge in [-0.15, -0.1) is 0 Å². The van der Waals surface area contributed by atoms with Crippen LogP contribution in [0.25, 0.3) is 0 Å². The lowest BCUT2D eigenvalue weighted by atomic mass is 9.89. The van der Waals surface area contributed by atoms with E-state index in [-0.39, 0.29) is 24.0 Å². The minimum absolute atomic E-state index is 0.00983. The van der Waals surface area contributed by atoms with Gasteiger partial charge >= 0.3 is 5.97 Å². The first-order valence-electron chi connectivity index (χ1n) is 5.92. The molecule has 0 amide bonds. The molecule has 0 heterocycles. The van der Waals surface area contributed by atoms with Gasteiger partial charge in [-0.3, -0.25) is 4.79 Å². The van der Waals surface area contributed by atoms with Crippen LogP contribution in [0.4, 0.5) is 0 Å². The lowest BCUT2D eigenvalue weighted by Crippen LogP contribution is -2.44. The van der Waals surface area contributed by atoms with Gasteiger partial charge in [-0.05, 0) is 30.6 Å². The highest BCUT2D eigenvalue weighted by molar-refractivity contribution is 5.76. The Morgan fingerprint density at radius 2 is 2.19 bits per heavy atom. The first kappa shape index (κ1) is 13.5. The number of nitrogens with one attached hydrogen (secondary N) is 1. The fourth-order valence-corrected chi connectivity index (χ4v) is 1.78. The molecule has 0 aliphatic heterocycles. The van der Waals surface area contributed by atoms with Crippen LogP contribution in [0.15, 0.2) is 0 Å². The normalized spacial score (nSPS) is 18.2. The van der Waals surface area contributed by atoms with Crippen LogP contribution in [0.3, 0.4) is 0 Å². The standard InChI is InChI=1S/C12H23NO3/c1-12(2,6-7-14)8-13-10(9-4-5-9)11(15)16-3/h9-10,13-14H,4-8H2,1-3H3. The van der Waals surface area contributed by atoms with Gasteiger partial charge in [0.1, 0.15) is 6.04 Å². The summed E-state index contributed by atoms with van der Waals surface area (Å²) in [5.41, 5.74) is 0.00983. The molecule has 1 atom stereocenters. The molecule has 0 aromatic carbocycles. The number of aliphatic hydroxyl groups is 1. The van der Waals surface area contributed by atoms with Crippen molar-refractivity contribution in [2.24, 2.45) is 11.3 Å². The lowest BCUT2D eigenvalue weighted by Gasteiger charge is -2.26. The fraction of sp³-hybridized carbons (Fsp3) is 0.917. The fourth-order valence-electron chi connectivity index (χ4n) is 1.78. The van der Waals surface area contributed by atoms with E-state index in [9.17, 15) is 4.79 Å². The number of methoxy groups -OCH3 is 1. The van der Waals surface area contributed by atoms with Crippen LogP contribution in [-0.2, 0) is 9.53 Å². The number of hydrogen-bond donors (Lipinski definition) is 2. The molecule has 4 heteroatoms. The second kappa shape index (κ2) is 5.64. The van der Waals surface area contributed by atoms with Crippen LogP contribution in [0.5, 0.6) is 0 Å². The molecule has 1 aliphatic carbocycles. The maximum atomic E-state index is 11.5. The van der Waals surface area contributed by atoms with Crippen molar-refractivity contribution in [3.8, 4) is 0 Å². The highest BCUT2D eigenvalue weighted by Gasteiger charge is 2.37. The van der Waals surface area contributed by atoms with Crippen LogP contribution < -0.4 is 5.32 Å². The molecule has 0 aromatic heterocycles. The minimum atomic E-state index is -0.165. The third kappa shape index (κ3) is 4.10. The molecule has 0 saturated heterocycles. The topological polar surface area (TPSA) is 58.6 Å². The van der Waals surface area contributed by atoms with Crippen LogP contribution in [0.2, 0.25) is 0 Å². The summed E-state index contributed by atoms with van der Waals surface area (Å²) in [5, 5.41) is 12.2. The molecule has 2 N–H and O–H groups in total. The molecule has 1 unspecified atom stereocenters. The smallest absolute Gasteiger partial charge is 0.323 e. The molecule has 16 heavy (non-hydrogen) atoms. The molecule has 1 fully saturated rings. The Morgan fingerprint density at radius 3 is 2.62 bits per heavy atom. The third-order valence-corrected chi connectivity index (χ3v) is 3.14. The summed E-state index contributed by atoms with van der Waals surface area (Å²) >= 11 is 0. The van der Waals surface area contributed by atoms with Gasteiger partial charge in [-0.1, -0.05) is 13.8 Å². The Hall–Kier alpha value is -0.610. The van der Waals surface area contributed by atoms with Crippen LogP contribution in [-0.4, -0.2) is 37.4 Å². The molecule has 0 aromatic rings. The van der Waals surface area contributed by atoms with Gasteiger partial charge in [0.15, 0.2) is 0 Å². The highest BCUT2D eigenvalue weighted by Crippen LogP contribution is 2.33. The monoisotopic (exact) mass is 229 g/mol. The Labute approximate surface area is 97.4 Å². The zero-order valence-electron chi connectivity index (χ0n) is 10.5. The van der Waals surface area contributed by atoms with Gasteiger partial charge in [-0.2, -0.15) is 0 Å². The maximum Gasteiger partial charge on any atom is 0.323 e. The summed E-state index contributed by atoms with van der Waals surface area (Å²) < 4.78 is 4.79. The maximum absolute atomic E-state index is 11.5. The van der Waals surface area contributed by atoms with Crippen molar-refractivity contribution in [1.29, 1.82) is 0 Å². The van der Waals surface area contributed by atoms with Gasteiger partial charge in [-0.25, -0.2) is 0 Å². The van der Waals surface area contributed by atoms with Crippen LogP contribution in [0, 0.1) is 11.3 Å². The molecule has 0 spiro atoms. The zero-order chi connectivity index (χ0) is 12.2. The van der Waals surface area contributed by atoms with Gasteiger partial charge in [0.05, 0.1) is 7.11 Å². The number of carbonyl (C=O) groups is 1. The molecule has 94 valence electrons. The SMILES string of the molecule is COC(=O)C(NCC(C)(C)CCO)C1CC1. The van der Waals surface area contributed by atoms with E-state index in [0.717, 1.165) is 25.8 Å². The van der Waals surface area contributed by atoms with Crippen molar-refractivity contribution < 1.29 is 14.6 Å². The van der Waals surface area contributed by atoms with Crippen LogP contribution in [0.1, 0.15) is 33.1 Å².